The topological polar surface area (TPSA) is 63.6 Å². The van der Waals surface area contributed by atoms with Crippen LogP contribution in [0.3, 0.4) is 0 Å². The lowest BCUT2D eigenvalue weighted by Crippen LogP contribution is -2.24. The van der Waals surface area contributed by atoms with Crippen molar-refractivity contribution < 1.29 is 19.4 Å². The average Bonchev–Trinajstić information content (AvgIpc) is 2.59. The fourth-order valence-corrected chi connectivity index (χ4v) is 2.41. The van der Waals surface area contributed by atoms with E-state index in [1.165, 1.54) is 7.11 Å². The number of aliphatic hydroxyl groups is 1. The number of carbonyl (C=O) groups excluding carboxylic acids is 2. The van der Waals surface area contributed by atoms with E-state index in [0.717, 1.165) is 0 Å². The lowest BCUT2D eigenvalue weighted by molar-refractivity contribution is -0.140. The van der Waals surface area contributed by atoms with Gasteiger partial charge in [0.15, 0.2) is 5.78 Å². The first-order valence-electron chi connectivity index (χ1n) is 6.82. The molecule has 0 unspecified atom stereocenters. The SMILES string of the molecule is COC(=O)CC[C@H](/C=C1\C(=O)CC[C@]1(C)O)C(C)C. The third kappa shape index (κ3) is 4.16. The van der Waals surface area contributed by atoms with Crippen LogP contribution in [0.4, 0.5) is 0 Å². The molecular weight excluding hydrogens is 244 g/mol. The summed E-state index contributed by atoms with van der Waals surface area (Å²) in [5.74, 6) is 0.186. The Kier molecular flexibility index (Phi) is 5.29. The number of hydrogen-bond acceptors (Lipinski definition) is 4. The van der Waals surface area contributed by atoms with E-state index in [2.05, 4.69) is 4.74 Å². The van der Waals surface area contributed by atoms with Crippen molar-refractivity contribution in [2.24, 2.45) is 11.8 Å². The molecule has 4 heteroatoms. The molecule has 0 aromatic rings. The van der Waals surface area contributed by atoms with Gasteiger partial charge in [0.05, 0.1) is 12.7 Å². The third-order valence-electron chi connectivity index (χ3n) is 3.87. The van der Waals surface area contributed by atoms with Crippen LogP contribution in [-0.4, -0.2) is 29.6 Å². The molecule has 1 rings (SSSR count). The van der Waals surface area contributed by atoms with Crippen LogP contribution in [0.2, 0.25) is 0 Å². The highest BCUT2D eigenvalue weighted by atomic mass is 16.5. The van der Waals surface area contributed by atoms with Gasteiger partial charge in [0.1, 0.15) is 0 Å². The Morgan fingerprint density at radius 3 is 2.58 bits per heavy atom. The van der Waals surface area contributed by atoms with Gasteiger partial charge < -0.3 is 9.84 Å². The highest BCUT2D eigenvalue weighted by molar-refractivity contribution is 5.99. The standard InChI is InChI=1S/C15H24O4/c1-10(2)11(5-6-14(17)19-4)9-12-13(16)7-8-15(12,3)18/h9-11,18H,5-8H2,1-4H3/b12-9+/t11-,15+/m1/s1. The number of allylic oxidation sites excluding steroid dienone is 1. The highest BCUT2D eigenvalue weighted by Crippen LogP contribution is 2.34. The molecule has 0 radical (unpaired) electrons. The molecule has 0 spiro atoms. The quantitative estimate of drug-likeness (QED) is 0.613. The minimum absolute atomic E-state index is 0.0220. The Morgan fingerprint density at radius 2 is 2.16 bits per heavy atom. The van der Waals surface area contributed by atoms with Gasteiger partial charge in [-0.15, -0.1) is 0 Å². The van der Waals surface area contributed by atoms with Gasteiger partial charge in [-0.3, -0.25) is 9.59 Å². The average molecular weight is 268 g/mol. The van der Waals surface area contributed by atoms with Crippen LogP contribution in [0.5, 0.6) is 0 Å². The summed E-state index contributed by atoms with van der Waals surface area (Å²) < 4.78 is 4.64. The van der Waals surface area contributed by atoms with E-state index in [0.29, 0.717) is 37.2 Å². The van der Waals surface area contributed by atoms with Gasteiger partial charge in [0.25, 0.3) is 0 Å². The van der Waals surface area contributed by atoms with Crippen LogP contribution in [0.1, 0.15) is 46.5 Å². The molecule has 108 valence electrons. The number of hydrogen-bond donors (Lipinski definition) is 1. The number of Topliss-reactive ketones (excluding diaryl/α,β-unsaturated/α-hetero) is 1. The number of carbonyl (C=O) groups is 2. The van der Waals surface area contributed by atoms with Crippen molar-refractivity contribution in [3.63, 3.8) is 0 Å². The first-order valence-corrected chi connectivity index (χ1v) is 6.82. The zero-order chi connectivity index (χ0) is 14.6. The Bertz CT molecular complexity index is 380. The van der Waals surface area contributed by atoms with Gasteiger partial charge in [0, 0.05) is 18.4 Å². The molecule has 0 aliphatic heterocycles. The second-order valence-electron chi connectivity index (χ2n) is 5.80. The van der Waals surface area contributed by atoms with Crippen LogP contribution < -0.4 is 0 Å². The predicted molar refractivity (Wildman–Crippen MR) is 72.5 cm³/mol. The monoisotopic (exact) mass is 268 g/mol. The lowest BCUT2D eigenvalue weighted by atomic mass is 9.86. The fraction of sp³-hybridized carbons (Fsp3) is 0.733. The van der Waals surface area contributed by atoms with Crippen LogP contribution in [0, 0.1) is 11.8 Å². The first kappa shape index (κ1) is 15.9. The van der Waals surface area contributed by atoms with Crippen molar-refractivity contribution in [3.8, 4) is 0 Å². The largest absolute Gasteiger partial charge is 0.469 e. The van der Waals surface area contributed by atoms with Crippen molar-refractivity contribution in [2.45, 2.75) is 52.1 Å². The van der Waals surface area contributed by atoms with Gasteiger partial charge in [-0.2, -0.15) is 0 Å². The predicted octanol–water partition coefficient (Wildman–Crippen LogP) is 2.25. The van der Waals surface area contributed by atoms with Crippen molar-refractivity contribution in [1.82, 2.24) is 0 Å². The molecule has 1 saturated carbocycles. The Balaban J connectivity index is 2.82. The number of esters is 1. The maximum atomic E-state index is 11.8. The smallest absolute Gasteiger partial charge is 0.305 e. The summed E-state index contributed by atoms with van der Waals surface area (Å²) in [6, 6.07) is 0. The van der Waals surface area contributed by atoms with Crippen LogP contribution in [-0.2, 0) is 14.3 Å². The van der Waals surface area contributed by atoms with Crippen molar-refractivity contribution in [2.75, 3.05) is 7.11 Å². The summed E-state index contributed by atoms with van der Waals surface area (Å²) >= 11 is 0. The molecule has 0 heterocycles. The molecule has 1 N–H and O–H groups in total. The number of methoxy groups -OCH3 is 1. The maximum absolute atomic E-state index is 11.8. The zero-order valence-corrected chi connectivity index (χ0v) is 12.2. The van der Waals surface area contributed by atoms with E-state index in [9.17, 15) is 14.7 Å². The van der Waals surface area contributed by atoms with Crippen molar-refractivity contribution in [3.05, 3.63) is 11.6 Å². The van der Waals surface area contributed by atoms with Crippen molar-refractivity contribution >= 4 is 11.8 Å². The Morgan fingerprint density at radius 1 is 1.53 bits per heavy atom. The Hall–Kier alpha value is -1.16. The normalized spacial score (nSPS) is 27.1. The molecule has 4 nitrogen and oxygen atoms in total. The second-order valence-corrected chi connectivity index (χ2v) is 5.80. The summed E-state index contributed by atoms with van der Waals surface area (Å²) in [6.07, 6.45) is 3.72. The molecule has 2 atom stereocenters. The van der Waals surface area contributed by atoms with E-state index in [1.54, 1.807) is 6.92 Å². The molecule has 0 aromatic heterocycles. The molecular formula is C15H24O4. The lowest BCUT2D eigenvalue weighted by Gasteiger charge is -2.22. The molecule has 0 amide bonds. The summed E-state index contributed by atoms with van der Waals surface area (Å²) in [4.78, 5) is 23.0. The molecule has 1 aliphatic rings. The summed E-state index contributed by atoms with van der Waals surface area (Å²) in [5.41, 5.74) is -0.508. The van der Waals surface area contributed by atoms with E-state index in [-0.39, 0.29) is 17.7 Å². The van der Waals surface area contributed by atoms with Crippen LogP contribution >= 0.6 is 0 Å². The fourth-order valence-electron chi connectivity index (χ4n) is 2.41. The number of rotatable bonds is 5. The van der Waals surface area contributed by atoms with Gasteiger partial charge in [-0.05, 0) is 31.6 Å². The molecule has 0 saturated heterocycles. The molecule has 19 heavy (non-hydrogen) atoms. The number of ketones is 1. The first-order chi connectivity index (χ1) is 8.77. The minimum Gasteiger partial charge on any atom is -0.469 e. The van der Waals surface area contributed by atoms with E-state index >= 15 is 0 Å². The van der Waals surface area contributed by atoms with E-state index in [1.807, 2.05) is 19.9 Å². The zero-order valence-electron chi connectivity index (χ0n) is 12.2. The maximum Gasteiger partial charge on any atom is 0.305 e. The molecule has 1 aliphatic carbocycles. The minimum atomic E-state index is -1.02. The van der Waals surface area contributed by atoms with Gasteiger partial charge >= 0.3 is 5.97 Å². The number of ether oxygens (including phenoxy) is 1. The van der Waals surface area contributed by atoms with Crippen molar-refractivity contribution in [1.29, 1.82) is 0 Å². The summed E-state index contributed by atoms with van der Waals surface area (Å²) in [7, 11) is 1.37. The van der Waals surface area contributed by atoms with Gasteiger partial charge in [-0.1, -0.05) is 19.9 Å². The van der Waals surface area contributed by atoms with E-state index < -0.39 is 5.60 Å². The van der Waals surface area contributed by atoms with Crippen LogP contribution in [0.25, 0.3) is 0 Å². The Labute approximate surface area is 114 Å². The summed E-state index contributed by atoms with van der Waals surface area (Å²) in [5, 5.41) is 10.2. The van der Waals surface area contributed by atoms with Gasteiger partial charge in [0.2, 0.25) is 0 Å². The van der Waals surface area contributed by atoms with Crippen LogP contribution in [0.15, 0.2) is 11.6 Å². The molecule has 1 fully saturated rings. The third-order valence-corrected chi connectivity index (χ3v) is 3.87. The summed E-state index contributed by atoms with van der Waals surface area (Å²) in [6.45, 7) is 5.78. The second kappa shape index (κ2) is 6.33. The molecule has 0 bridgehead atoms. The highest BCUT2D eigenvalue weighted by Gasteiger charge is 2.38. The molecule has 0 aromatic carbocycles. The van der Waals surface area contributed by atoms with Gasteiger partial charge in [-0.25, -0.2) is 0 Å². The van der Waals surface area contributed by atoms with E-state index in [4.69, 9.17) is 0 Å².